The zero-order valence-electron chi connectivity index (χ0n) is 14.3. The third-order valence-electron chi connectivity index (χ3n) is 4.26. The number of aromatic nitrogens is 4. The van der Waals surface area contributed by atoms with E-state index in [-0.39, 0.29) is 16.9 Å². The van der Waals surface area contributed by atoms with Gasteiger partial charge in [-0.2, -0.15) is 31.4 Å². The number of rotatable bonds is 2. The van der Waals surface area contributed by atoms with Gasteiger partial charge < -0.3 is 0 Å². The number of fused-ring (bicyclic) bond motifs is 1. The standard InChI is InChI=1S/C19H10F6N4/c20-18(21,22)13-3-1-12(2-4-13)15-9-16(19(23,24)25)29-17(28-15)14(10-27-29)11-5-7-26-8-6-11/h1-10H. The van der Waals surface area contributed by atoms with E-state index in [1.807, 2.05) is 0 Å². The van der Waals surface area contributed by atoms with Crippen molar-refractivity contribution in [2.45, 2.75) is 12.4 Å². The number of halogens is 6. The third kappa shape index (κ3) is 3.53. The molecule has 0 bridgehead atoms. The van der Waals surface area contributed by atoms with E-state index in [1.165, 1.54) is 18.6 Å². The van der Waals surface area contributed by atoms with Crippen molar-refractivity contribution in [3.8, 4) is 22.4 Å². The summed E-state index contributed by atoms with van der Waals surface area (Å²) in [7, 11) is 0. The van der Waals surface area contributed by atoms with Gasteiger partial charge >= 0.3 is 12.4 Å². The third-order valence-corrected chi connectivity index (χ3v) is 4.26. The van der Waals surface area contributed by atoms with Crippen LogP contribution in [-0.2, 0) is 12.4 Å². The minimum Gasteiger partial charge on any atom is -0.265 e. The Morgan fingerprint density at radius 1 is 0.759 bits per heavy atom. The molecule has 0 aliphatic heterocycles. The van der Waals surface area contributed by atoms with Crippen molar-refractivity contribution >= 4 is 5.65 Å². The number of hydrogen-bond acceptors (Lipinski definition) is 3. The van der Waals surface area contributed by atoms with Crippen LogP contribution in [0.4, 0.5) is 26.3 Å². The van der Waals surface area contributed by atoms with Gasteiger partial charge in [0.25, 0.3) is 0 Å². The second kappa shape index (κ2) is 6.57. The number of hydrogen-bond donors (Lipinski definition) is 0. The maximum atomic E-state index is 13.6. The fourth-order valence-electron chi connectivity index (χ4n) is 2.88. The van der Waals surface area contributed by atoms with Crippen LogP contribution in [0.25, 0.3) is 28.0 Å². The maximum absolute atomic E-state index is 13.6. The SMILES string of the molecule is FC(F)(F)c1ccc(-c2cc(C(F)(F)F)n3ncc(-c4ccncc4)c3n2)cc1. The summed E-state index contributed by atoms with van der Waals surface area (Å²) in [4.78, 5) is 8.11. The van der Waals surface area contributed by atoms with E-state index in [4.69, 9.17) is 0 Å². The number of pyridine rings is 1. The second-order valence-electron chi connectivity index (χ2n) is 6.13. The molecule has 4 nitrogen and oxygen atoms in total. The maximum Gasteiger partial charge on any atom is 0.433 e. The van der Waals surface area contributed by atoms with Crippen molar-refractivity contribution in [2.24, 2.45) is 0 Å². The summed E-state index contributed by atoms with van der Waals surface area (Å²) in [5.74, 6) is 0. The van der Waals surface area contributed by atoms with Crippen molar-refractivity contribution in [1.29, 1.82) is 0 Å². The average Bonchev–Trinajstić information content (AvgIpc) is 3.10. The van der Waals surface area contributed by atoms with E-state index in [1.54, 1.807) is 12.1 Å². The molecule has 148 valence electrons. The lowest BCUT2D eigenvalue weighted by Crippen LogP contribution is -2.13. The molecule has 10 heteroatoms. The van der Waals surface area contributed by atoms with Crippen LogP contribution in [0.3, 0.4) is 0 Å². The molecular weight excluding hydrogens is 398 g/mol. The summed E-state index contributed by atoms with van der Waals surface area (Å²) >= 11 is 0. The second-order valence-corrected chi connectivity index (χ2v) is 6.13. The van der Waals surface area contributed by atoms with Crippen LogP contribution in [0.2, 0.25) is 0 Å². The van der Waals surface area contributed by atoms with Gasteiger partial charge in [-0.1, -0.05) is 12.1 Å². The monoisotopic (exact) mass is 408 g/mol. The van der Waals surface area contributed by atoms with Gasteiger partial charge in [-0.25, -0.2) is 9.50 Å². The van der Waals surface area contributed by atoms with E-state index < -0.39 is 23.6 Å². The smallest absolute Gasteiger partial charge is 0.265 e. The van der Waals surface area contributed by atoms with Crippen LogP contribution in [0.1, 0.15) is 11.3 Å². The lowest BCUT2D eigenvalue weighted by molar-refractivity contribution is -0.142. The van der Waals surface area contributed by atoms with Gasteiger partial charge in [-0.05, 0) is 35.9 Å². The summed E-state index contributed by atoms with van der Waals surface area (Å²) in [6.07, 6.45) is -5.09. The molecule has 29 heavy (non-hydrogen) atoms. The molecule has 4 rings (SSSR count). The minimum atomic E-state index is -4.75. The molecule has 0 N–H and O–H groups in total. The van der Waals surface area contributed by atoms with Crippen molar-refractivity contribution in [3.05, 3.63) is 72.3 Å². The fourth-order valence-corrected chi connectivity index (χ4v) is 2.88. The molecule has 0 spiro atoms. The molecule has 0 aliphatic rings. The zero-order valence-corrected chi connectivity index (χ0v) is 14.3. The molecule has 0 atom stereocenters. The molecule has 3 heterocycles. The first-order valence-electron chi connectivity index (χ1n) is 8.18. The largest absolute Gasteiger partial charge is 0.433 e. The summed E-state index contributed by atoms with van der Waals surface area (Å²) in [5, 5.41) is 3.81. The van der Waals surface area contributed by atoms with E-state index in [9.17, 15) is 26.3 Å². The number of alkyl halides is 6. The predicted octanol–water partition coefficient (Wildman–Crippen LogP) is 5.50. The highest BCUT2D eigenvalue weighted by Gasteiger charge is 2.36. The molecule has 0 aliphatic carbocycles. The number of nitrogens with zero attached hydrogens (tertiary/aromatic N) is 4. The summed E-state index contributed by atoms with van der Waals surface area (Å²) in [6.45, 7) is 0. The Balaban J connectivity index is 1.93. The highest BCUT2D eigenvalue weighted by molar-refractivity contribution is 5.78. The Morgan fingerprint density at radius 2 is 1.41 bits per heavy atom. The van der Waals surface area contributed by atoms with Crippen LogP contribution in [0, 0.1) is 0 Å². The first-order chi connectivity index (χ1) is 13.6. The summed E-state index contributed by atoms with van der Waals surface area (Å²) < 4.78 is 79.8. The first kappa shape index (κ1) is 18.9. The Bertz CT molecular complexity index is 1160. The Morgan fingerprint density at radius 3 is 2.00 bits per heavy atom. The predicted molar refractivity (Wildman–Crippen MR) is 91.7 cm³/mol. The zero-order chi connectivity index (χ0) is 20.8. The molecule has 0 fully saturated rings. The molecule has 1 aromatic carbocycles. The Labute approximate surface area is 159 Å². The van der Waals surface area contributed by atoms with Crippen molar-refractivity contribution < 1.29 is 26.3 Å². The molecule has 0 radical (unpaired) electrons. The first-order valence-corrected chi connectivity index (χ1v) is 8.18. The van der Waals surface area contributed by atoms with E-state index in [2.05, 4.69) is 15.1 Å². The average molecular weight is 408 g/mol. The molecule has 0 unspecified atom stereocenters. The van der Waals surface area contributed by atoms with Crippen molar-refractivity contribution in [3.63, 3.8) is 0 Å². The van der Waals surface area contributed by atoms with Crippen LogP contribution < -0.4 is 0 Å². The van der Waals surface area contributed by atoms with E-state index in [0.29, 0.717) is 15.6 Å². The normalized spacial score (nSPS) is 12.5. The molecule has 4 aromatic rings. The fraction of sp³-hybridized carbons (Fsp3) is 0.105. The van der Waals surface area contributed by atoms with Gasteiger partial charge in [0.15, 0.2) is 11.3 Å². The lowest BCUT2D eigenvalue weighted by Gasteiger charge is -2.12. The van der Waals surface area contributed by atoms with Gasteiger partial charge in [-0.3, -0.25) is 4.98 Å². The van der Waals surface area contributed by atoms with Crippen molar-refractivity contribution in [1.82, 2.24) is 19.6 Å². The highest BCUT2D eigenvalue weighted by atomic mass is 19.4. The van der Waals surface area contributed by atoms with Gasteiger partial charge in [-0.15, -0.1) is 0 Å². The molecule has 3 aromatic heterocycles. The number of benzene rings is 1. The molecular formula is C19H10F6N4. The summed E-state index contributed by atoms with van der Waals surface area (Å²) in [6, 6.07) is 7.73. The molecule has 0 saturated heterocycles. The molecule has 0 saturated carbocycles. The van der Waals surface area contributed by atoms with Crippen LogP contribution in [0.5, 0.6) is 0 Å². The van der Waals surface area contributed by atoms with Gasteiger partial charge in [0.2, 0.25) is 0 Å². The van der Waals surface area contributed by atoms with Gasteiger partial charge in [0.1, 0.15) is 0 Å². The highest BCUT2D eigenvalue weighted by Crippen LogP contribution is 2.35. The topological polar surface area (TPSA) is 43.1 Å². The Kier molecular flexibility index (Phi) is 4.29. The van der Waals surface area contributed by atoms with Crippen LogP contribution >= 0.6 is 0 Å². The quantitative estimate of drug-likeness (QED) is 0.412. The minimum absolute atomic E-state index is 0.0686. The van der Waals surface area contributed by atoms with Gasteiger partial charge in [0.05, 0.1) is 17.5 Å². The molecule has 0 amide bonds. The van der Waals surface area contributed by atoms with Crippen LogP contribution in [0.15, 0.2) is 61.1 Å². The van der Waals surface area contributed by atoms with E-state index in [0.717, 1.165) is 30.3 Å². The lowest BCUT2D eigenvalue weighted by atomic mass is 10.1. The van der Waals surface area contributed by atoms with Crippen molar-refractivity contribution in [2.75, 3.05) is 0 Å². The van der Waals surface area contributed by atoms with E-state index >= 15 is 0 Å². The summed E-state index contributed by atoms with van der Waals surface area (Å²) in [5.41, 5.74) is -1.16. The van der Waals surface area contributed by atoms with Crippen LogP contribution in [-0.4, -0.2) is 19.6 Å². The Hall–Kier alpha value is -3.43. The van der Waals surface area contributed by atoms with Gasteiger partial charge in [0, 0.05) is 23.5 Å².